The Labute approximate surface area is 111 Å². The average molecular weight is 269 g/mol. The van der Waals surface area contributed by atoms with Crippen molar-refractivity contribution in [3.05, 3.63) is 28.8 Å². The molecule has 0 N–H and O–H groups in total. The zero-order valence-corrected chi connectivity index (χ0v) is 11.3. The normalized spacial score (nSPS) is 15.9. The van der Waals surface area contributed by atoms with Crippen molar-refractivity contribution in [1.29, 1.82) is 0 Å². The predicted octanol–water partition coefficient (Wildman–Crippen LogP) is 2.60. The number of carbonyl (C=O) groups is 1. The van der Waals surface area contributed by atoms with Crippen molar-refractivity contribution in [1.82, 2.24) is 4.90 Å². The molecular weight excluding hydrogens is 256 g/mol. The summed E-state index contributed by atoms with van der Waals surface area (Å²) in [5.41, 5.74) is 1.66. The number of para-hydroxylation sites is 1. The molecule has 0 aromatic heterocycles. The fourth-order valence-electron chi connectivity index (χ4n) is 1.92. The first kappa shape index (κ1) is 12.3. The molecule has 0 unspecified atom stereocenters. The van der Waals surface area contributed by atoms with Gasteiger partial charge < -0.3 is 4.90 Å². The van der Waals surface area contributed by atoms with E-state index in [1.54, 1.807) is 6.07 Å². The lowest BCUT2D eigenvalue weighted by Gasteiger charge is -2.21. The van der Waals surface area contributed by atoms with Gasteiger partial charge in [0.25, 0.3) is 5.91 Å². The average Bonchev–Trinajstić information content (AvgIpc) is 2.56. The van der Waals surface area contributed by atoms with Crippen molar-refractivity contribution in [2.75, 3.05) is 18.0 Å². The van der Waals surface area contributed by atoms with E-state index in [1.807, 2.05) is 30.9 Å². The van der Waals surface area contributed by atoms with E-state index in [-0.39, 0.29) is 5.91 Å². The van der Waals surface area contributed by atoms with E-state index in [1.165, 1.54) is 4.90 Å². The van der Waals surface area contributed by atoms with Crippen LogP contribution in [0.5, 0.6) is 0 Å². The van der Waals surface area contributed by atoms with Crippen molar-refractivity contribution >= 4 is 40.5 Å². The number of hydrogen-bond acceptors (Lipinski definition) is 2. The first-order valence-electron chi connectivity index (χ1n) is 5.43. The van der Waals surface area contributed by atoms with Crippen molar-refractivity contribution in [3.63, 3.8) is 0 Å². The molecule has 90 valence electrons. The Kier molecular flexibility index (Phi) is 3.35. The molecule has 0 spiro atoms. The topological polar surface area (TPSA) is 23.6 Å². The van der Waals surface area contributed by atoms with Crippen LogP contribution in [-0.4, -0.2) is 29.0 Å². The number of halogens is 1. The van der Waals surface area contributed by atoms with E-state index >= 15 is 0 Å². The van der Waals surface area contributed by atoms with Crippen molar-refractivity contribution in [3.8, 4) is 0 Å². The largest absolute Gasteiger partial charge is 0.339 e. The second-order valence-corrected chi connectivity index (χ2v) is 4.70. The highest BCUT2D eigenvalue weighted by Gasteiger charge is 2.34. The lowest BCUT2D eigenvalue weighted by Crippen LogP contribution is -2.33. The van der Waals surface area contributed by atoms with Gasteiger partial charge in [-0.2, -0.15) is 0 Å². The summed E-state index contributed by atoms with van der Waals surface area (Å²) >= 11 is 11.5. The van der Waals surface area contributed by atoms with Crippen molar-refractivity contribution in [2.24, 2.45) is 0 Å². The number of amides is 1. The molecule has 1 aliphatic rings. The van der Waals surface area contributed by atoms with E-state index in [0.717, 1.165) is 12.1 Å². The Hall–Kier alpha value is -1.13. The molecule has 1 amide bonds. The second-order valence-electron chi connectivity index (χ2n) is 3.93. The Morgan fingerprint density at radius 3 is 2.71 bits per heavy atom. The number of aryl methyl sites for hydroxylation is 1. The third-order valence-corrected chi connectivity index (χ3v) is 3.58. The van der Waals surface area contributed by atoms with Gasteiger partial charge in [0, 0.05) is 6.54 Å². The predicted molar refractivity (Wildman–Crippen MR) is 73.5 cm³/mol. The Balaban J connectivity index is 2.47. The Morgan fingerprint density at radius 2 is 2.18 bits per heavy atom. The molecular formula is C12H13ClN2OS. The number of rotatable bonds is 2. The highest BCUT2D eigenvalue weighted by atomic mass is 35.5. The molecule has 1 aromatic carbocycles. The van der Waals surface area contributed by atoms with E-state index in [4.69, 9.17) is 23.8 Å². The molecule has 1 saturated heterocycles. The number of benzene rings is 1. The summed E-state index contributed by atoms with van der Waals surface area (Å²) in [5, 5.41) is 1.09. The molecule has 2 rings (SSSR count). The minimum absolute atomic E-state index is 0.0203. The van der Waals surface area contributed by atoms with Crippen LogP contribution in [0.4, 0.5) is 5.69 Å². The van der Waals surface area contributed by atoms with Gasteiger partial charge in [0.1, 0.15) is 0 Å². The number of likely N-dealkylation sites (N-methyl/N-ethyl adjacent to an activating group) is 1. The third-order valence-electron chi connectivity index (χ3n) is 2.83. The van der Waals surface area contributed by atoms with Gasteiger partial charge in [-0.3, -0.25) is 9.69 Å². The van der Waals surface area contributed by atoms with Gasteiger partial charge in [-0.1, -0.05) is 23.7 Å². The molecule has 17 heavy (non-hydrogen) atoms. The Morgan fingerprint density at radius 1 is 1.47 bits per heavy atom. The molecule has 0 atom stereocenters. The number of thiocarbonyl (C=S) groups is 1. The van der Waals surface area contributed by atoms with E-state index in [2.05, 4.69) is 0 Å². The van der Waals surface area contributed by atoms with Crippen molar-refractivity contribution in [2.45, 2.75) is 13.8 Å². The maximum atomic E-state index is 12.0. The summed E-state index contributed by atoms with van der Waals surface area (Å²) in [7, 11) is 0. The molecule has 0 radical (unpaired) electrons. The summed E-state index contributed by atoms with van der Waals surface area (Å²) in [6, 6.07) is 5.56. The van der Waals surface area contributed by atoms with Gasteiger partial charge in [0.2, 0.25) is 0 Å². The highest BCUT2D eigenvalue weighted by Crippen LogP contribution is 2.32. The van der Waals surface area contributed by atoms with Gasteiger partial charge in [0.15, 0.2) is 5.11 Å². The monoisotopic (exact) mass is 268 g/mol. The summed E-state index contributed by atoms with van der Waals surface area (Å²) in [6.45, 7) is 4.96. The summed E-state index contributed by atoms with van der Waals surface area (Å²) in [5.74, 6) is -0.0203. The lowest BCUT2D eigenvalue weighted by molar-refractivity contribution is -0.116. The van der Waals surface area contributed by atoms with E-state index < -0.39 is 0 Å². The molecule has 0 saturated carbocycles. The third kappa shape index (κ3) is 2.03. The first-order valence-corrected chi connectivity index (χ1v) is 6.22. The van der Waals surface area contributed by atoms with Gasteiger partial charge in [-0.05, 0) is 37.7 Å². The highest BCUT2D eigenvalue weighted by molar-refractivity contribution is 7.80. The number of nitrogens with zero attached hydrogens (tertiary/aromatic N) is 2. The van der Waals surface area contributed by atoms with Gasteiger partial charge in [-0.25, -0.2) is 0 Å². The van der Waals surface area contributed by atoms with Crippen LogP contribution in [0, 0.1) is 6.92 Å². The number of hydrogen-bond donors (Lipinski definition) is 0. The number of anilines is 1. The van der Waals surface area contributed by atoms with Gasteiger partial charge in [0.05, 0.1) is 17.3 Å². The second kappa shape index (κ2) is 4.63. The van der Waals surface area contributed by atoms with Crippen LogP contribution in [0.3, 0.4) is 0 Å². The van der Waals surface area contributed by atoms with E-state index in [9.17, 15) is 4.79 Å². The van der Waals surface area contributed by atoms with Crippen LogP contribution in [0.15, 0.2) is 18.2 Å². The van der Waals surface area contributed by atoms with Crippen LogP contribution in [0.2, 0.25) is 5.02 Å². The van der Waals surface area contributed by atoms with Crippen molar-refractivity contribution < 1.29 is 4.79 Å². The SMILES string of the molecule is CCN1CC(=O)N(c2c(C)cccc2Cl)C1=S. The summed E-state index contributed by atoms with van der Waals surface area (Å²) < 4.78 is 0. The smallest absolute Gasteiger partial charge is 0.252 e. The van der Waals surface area contributed by atoms with Crippen LogP contribution in [-0.2, 0) is 4.79 Å². The fraction of sp³-hybridized carbons (Fsp3) is 0.333. The fourth-order valence-corrected chi connectivity index (χ4v) is 2.62. The minimum Gasteiger partial charge on any atom is -0.339 e. The molecule has 0 bridgehead atoms. The zero-order chi connectivity index (χ0) is 12.6. The maximum Gasteiger partial charge on any atom is 0.252 e. The molecule has 1 fully saturated rings. The molecule has 1 heterocycles. The first-order chi connectivity index (χ1) is 8.06. The standard InChI is InChI=1S/C12H13ClN2OS/c1-3-14-7-10(16)15(12(14)17)11-8(2)5-4-6-9(11)13/h4-6H,3,7H2,1-2H3. The number of carbonyl (C=O) groups excluding carboxylic acids is 1. The molecule has 3 nitrogen and oxygen atoms in total. The zero-order valence-electron chi connectivity index (χ0n) is 9.74. The minimum atomic E-state index is -0.0203. The van der Waals surface area contributed by atoms with Crippen LogP contribution < -0.4 is 4.90 Å². The van der Waals surface area contributed by atoms with E-state index in [0.29, 0.717) is 22.4 Å². The molecule has 0 aliphatic carbocycles. The van der Waals surface area contributed by atoms with Gasteiger partial charge in [-0.15, -0.1) is 0 Å². The van der Waals surface area contributed by atoms with Crippen LogP contribution in [0.1, 0.15) is 12.5 Å². The van der Waals surface area contributed by atoms with Gasteiger partial charge >= 0.3 is 0 Å². The summed E-state index contributed by atoms with van der Waals surface area (Å²) in [6.07, 6.45) is 0. The maximum absolute atomic E-state index is 12.0. The quantitative estimate of drug-likeness (QED) is 0.771. The Bertz CT molecular complexity index is 469. The van der Waals surface area contributed by atoms with Crippen LogP contribution >= 0.6 is 23.8 Å². The lowest BCUT2D eigenvalue weighted by atomic mass is 10.2. The van der Waals surface area contributed by atoms with Crippen LogP contribution in [0.25, 0.3) is 0 Å². The summed E-state index contributed by atoms with van der Waals surface area (Å²) in [4.78, 5) is 15.4. The molecule has 1 aromatic rings. The molecule has 5 heteroatoms. The molecule has 1 aliphatic heterocycles.